The lowest BCUT2D eigenvalue weighted by Gasteiger charge is -2.29. The lowest BCUT2D eigenvalue weighted by atomic mass is 10.1. The Balaban J connectivity index is 2.20. The molecule has 37 heavy (non-hydrogen) atoms. The summed E-state index contributed by atoms with van der Waals surface area (Å²) in [5.41, 5.74) is -0.417. The van der Waals surface area contributed by atoms with Crippen molar-refractivity contribution < 1.29 is 31.2 Å². The molecule has 12 heteroatoms. The average molecular weight is 562 g/mol. The number of alkyl halides is 3. The lowest BCUT2D eigenvalue weighted by Crippen LogP contribution is -2.47. The van der Waals surface area contributed by atoms with Gasteiger partial charge in [-0.15, -0.1) is 0 Å². The normalized spacial score (nSPS) is 12.6. The van der Waals surface area contributed by atoms with E-state index in [0.29, 0.717) is 17.1 Å². The Morgan fingerprint density at radius 1 is 1.11 bits per heavy atom. The van der Waals surface area contributed by atoms with Gasteiger partial charge in [-0.05, 0) is 55.7 Å². The molecule has 2 amide bonds. The van der Waals surface area contributed by atoms with Crippen LogP contribution in [0, 0.1) is 0 Å². The summed E-state index contributed by atoms with van der Waals surface area (Å²) in [6.45, 7) is 3.83. The number of nitrogens with one attached hydrogen (secondary N) is 1. The third-order valence-corrected chi connectivity index (χ3v) is 7.00. The highest BCUT2D eigenvalue weighted by atomic mass is 35.5. The highest BCUT2D eigenvalue weighted by Gasteiger charge is 2.32. The number of nitrogens with zero attached hydrogens (tertiary/aromatic N) is 2. The molecule has 0 bridgehead atoms. The largest absolute Gasteiger partial charge is 0.416 e. The highest BCUT2D eigenvalue weighted by molar-refractivity contribution is 7.92. The quantitative estimate of drug-likeness (QED) is 0.401. The molecule has 0 saturated carbocycles. The molecule has 2 aromatic carbocycles. The zero-order chi connectivity index (χ0) is 27.8. The van der Waals surface area contributed by atoms with E-state index >= 15 is 0 Å². The van der Waals surface area contributed by atoms with Crippen LogP contribution in [0.4, 0.5) is 18.9 Å². The number of hydrogen-bond acceptors (Lipinski definition) is 4. The minimum absolute atomic E-state index is 0.0253. The van der Waals surface area contributed by atoms with Crippen LogP contribution in [0.25, 0.3) is 0 Å². The van der Waals surface area contributed by atoms with Crippen molar-refractivity contribution in [3.05, 3.63) is 64.7 Å². The SMILES string of the molecule is CCCNC(=O)[C@@H](C)N(Cc1cccc(Cl)c1)C(=O)CCCN(c1cccc(C(F)(F)F)c1)S(C)(=O)=O. The van der Waals surface area contributed by atoms with Crippen LogP contribution in [0.15, 0.2) is 48.5 Å². The van der Waals surface area contributed by atoms with E-state index < -0.39 is 33.7 Å². The molecule has 0 saturated heterocycles. The van der Waals surface area contributed by atoms with Gasteiger partial charge in [0.2, 0.25) is 21.8 Å². The Kier molecular flexibility index (Phi) is 10.8. The van der Waals surface area contributed by atoms with Gasteiger partial charge in [-0.25, -0.2) is 8.42 Å². The van der Waals surface area contributed by atoms with Crippen molar-refractivity contribution in [1.82, 2.24) is 10.2 Å². The predicted molar refractivity (Wildman–Crippen MR) is 138 cm³/mol. The number of sulfonamides is 1. The van der Waals surface area contributed by atoms with E-state index in [9.17, 15) is 31.2 Å². The van der Waals surface area contributed by atoms with Gasteiger partial charge in [-0.3, -0.25) is 13.9 Å². The summed E-state index contributed by atoms with van der Waals surface area (Å²) in [7, 11) is -3.93. The molecule has 0 aliphatic heterocycles. The highest BCUT2D eigenvalue weighted by Crippen LogP contribution is 2.32. The molecule has 0 aromatic heterocycles. The topological polar surface area (TPSA) is 86.8 Å². The first-order valence-electron chi connectivity index (χ1n) is 11.7. The molecule has 0 heterocycles. The molecular formula is C25H31ClF3N3O4S. The van der Waals surface area contributed by atoms with Gasteiger partial charge >= 0.3 is 6.18 Å². The summed E-state index contributed by atoms with van der Waals surface area (Å²) < 4.78 is 65.0. The molecule has 7 nitrogen and oxygen atoms in total. The molecule has 204 valence electrons. The Labute approximate surface area is 220 Å². The maximum absolute atomic E-state index is 13.2. The van der Waals surface area contributed by atoms with Crippen molar-refractivity contribution in [3.8, 4) is 0 Å². The fourth-order valence-corrected chi connectivity index (χ4v) is 4.82. The Bertz CT molecular complexity index is 1190. The van der Waals surface area contributed by atoms with Crippen molar-refractivity contribution in [1.29, 1.82) is 0 Å². The monoisotopic (exact) mass is 561 g/mol. The number of hydrogen-bond donors (Lipinski definition) is 1. The van der Waals surface area contributed by atoms with Crippen LogP contribution in [0.5, 0.6) is 0 Å². The number of carbonyl (C=O) groups is 2. The second kappa shape index (κ2) is 13.1. The molecule has 2 aromatic rings. The molecule has 0 unspecified atom stereocenters. The van der Waals surface area contributed by atoms with Crippen LogP contribution < -0.4 is 9.62 Å². The molecule has 1 N–H and O–H groups in total. The second-order valence-corrected chi connectivity index (χ2v) is 10.9. The van der Waals surface area contributed by atoms with Crippen molar-refractivity contribution in [2.75, 3.05) is 23.7 Å². The third kappa shape index (κ3) is 9.23. The van der Waals surface area contributed by atoms with Crippen molar-refractivity contribution in [3.63, 3.8) is 0 Å². The van der Waals surface area contributed by atoms with Crippen molar-refractivity contribution >= 4 is 39.1 Å². The first-order chi connectivity index (χ1) is 17.2. The van der Waals surface area contributed by atoms with Crippen LogP contribution >= 0.6 is 11.6 Å². The Hall–Kier alpha value is -2.79. The maximum Gasteiger partial charge on any atom is 0.416 e. The minimum atomic E-state index is -4.63. The predicted octanol–water partition coefficient (Wildman–Crippen LogP) is 4.85. The van der Waals surface area contributed by atoms with Gasteiger partial charge in [0.15, 0.2) is 0 Å². The fourth-order valence-electron chi connectivity index (χ4n) is 3.65. The molecule has 0 fully saturated rings. The summed E-state index contributed by atoms with van der Waals surface area (Å²) in [6, 6.07) is 10.0. The number of anilines is 1. The van der Waals surface area contributed by atoms with Gasteiger partial charge in [-0.2, -0.15) is 13.2 Å². The van der Waals surface area contributed by atoms with Crippen LogP contribution in [-0.4, -0.2) is 50.5 Å². The van der Waals surface area contributed by atoms with Gasteiger partial charge in [0.25, 0.3) is 0 Å². The van der Waals surface area contributed by atoms with E-state index in [1.54, 1.807) is 31.2 Å². The van der Waals surface area contributed by atoms with E-state index in [-0.39, 0.29) is 37.5 Å². The van der Waals surface area contributed by atoms with E-state index in [1.807, 2.05) is 6.92 Å². The van der Waals surface area contributed by atoms with Crippen LogP contribution in [-0.2, 0) is 32.3 Å². The summed E-state index contributed by atoms with van der Waals surface area (Å²) in [5, 5.41) is 3.23. The van der Waals surface area contributed by atoms with Crippen LogP contribution in [0.3, 0.4) is 0 Å². The van der Waals surface area contributed by atoms with Gasteiger partial charge < -0.3 is 10.2 Å². The smallest absolute Gasteiger partial charge is 0.354 e. The molecule has 1 atom stereocenters. The zero-order valence-electron chi connectivity index (χ0n) is 20.9. The Morgan fingerprint density at radius 2 is 1.78 bits per heavy atom. The Morgan fingerprint density at radius 3 is 2.38 bits per heavy atom. The second-order valence-electron chi connectivity index (χ2n) is 8.61. The van der Waals surface area contributed by atoms with E-state index in [2.05, 4.69) is 5.32 Å². The number of carbonyl (C=O) groups excluding carboxylic acids is 2. The summed E-state index contributed by atoms with van der Waals surface area (Å²) >= 11 is 6.06. The number of halogens is 4. The molecule has 0 aliphatic rings. The fraction of sp³-hybridized carbons (Fsp3) is 0.440. The van der Waals surface area contributed by atoms with E-state index in [1.165, 1.54) is 11.0 Å². The maximum atomic E-state index is 13.2. The van der Waals surface area contributed by atoms with Gasteiger partial charge in [0.1, 0.15) is 6.04 Å². The standard InChI is InChI=1S/C25H31ClF3N3O4S/c1-4-13-30-24(34)18(2)31(17-19-8-5-10-21(26)15-19)23(33)12-7-14-32(37(3,35)36)22-11-6-9-20(16-22)25(27,28)29/h5-6,8-11,15-16,18H,4,7,12-14,17H2,1-3H3,(H,30,34)/t18-/m1/s1. The first-order valence-corrected chi connectivity index (χ1v) is 13.9. The molecule has 0 aliphatic carbocycles. The van der Waals surface area contributed by atoms with Crippen molar-refractivity contribution in [2.45, 2.75) is 51.9 Å². The van der Waals surface area contributed by atoms with Gasteiger partial charge in [0, 0.05) is 31.1 Å². The summed E-state index contributed by atoms with van der Waals surface area (Å²) in [5.74, 6) is -0.740. The van der Waals surface area contributed by atoms with Crippen LogP contribution in [0.2, 0.25) is 5.02 Å². The number of amides is 2. The van der Waals surface area contributed by atoms with Gasteiger partial charge in [-0.1, -0.05) is 36.7 Å². The number of rotatable bonds is 12. The molecule has 0 radical (unpaired) electrons. The minimum Gasteiger partial charge on any atom is -0.354 e. The molecule has 0 spiro atoms. The van der Waals surface area contributed by atoms with Crippen LogP contribution in [0.1, 0.15) is 44.2 Å². The van der Waals surface area contributed by atoms with Crippen molar-refractivity contribution in [2.24, 2.45) is 0 Å². The third-order valence-electron chi connectivity index (χ3n) is 5.57. The summed E-state index contributed by atoms with van der Waals surface area (Å²) in [6.07, 6.45) is -3.13. The average Bonchev–Trinajstić information content (AvgIpc) is 2.82. The molecule has 2 rings (SSSR count). The lowest BCUT2D eigenvalue weighted by molar-refractivity contribution is -0.140. The van der Waals surface area contributed by atoms with Gasteiger partial charge in [0.05, 0.1) is 17.5 Å². The zero-order valence-corrected chi connectivity index (χ0v) is 22.5. The number of benzene rings is 2. The summed E-state index contributed by atoms with van der Waals surface area (Å²) in [4.78, 5) is 27.2. The molecular weight excluding hydrogens is 531 g/mol. The van der Waals surface area contributed by atoms with E-state index in [0.717, 1.165) is 35.2 Å². The first kappa shape index (κ1) is 30.4. The van der Waals surface area contributed by atoms with E-state index in [4.69, 9.17) is 11.6 Å².